The fourth-order valence-electron chi connectivity index (χ4n) is 1.49. The first kappa shape index (κ1) is 13.2. The maximum absolute atomic E-state index is 12.4. The highest BCUT2D eigenvalue weighted by Gasteiger charge is 2.35. The van der Waals surface area contributed by atoms with Crippen molar-refractivity contribution in [3.8, 4) is 22.9 Å². The van der Waals surface area contributed by atoms with Crippen molar-refractivity contribution >= 4 is 0 Å². The molecule has 0 aliphatic carbocycles. The molecule has 0 bridgehead atoms. The Bertz CT molecular complexity index is 581. The van der Waals surface area contributed by atoms with Crippen molar-refractivity contribution in [3.05, 3.63) is 24.0 Å². The monoisotopic (exact) mass is 273 g/mol. The van der Waals surface area contributed by atoms with E-state index in [2.05, 4.69) is 10.1 Å². The van der Waals surface area contributed by atoms with E-state index in [4.69, 9.17) is 9.47 Å². The first-order valence-corrected chi connectivity index (χ1v) is 5.17. The van der Waals surface area contributed by atoms with Crippen LogP contribution in [0.3, 0.4) is 0 Å². The van der Waals surface area contributed by atoms with Gasteiger partial charge < -0.3 is 9.47 Å². The van der Waals surface area contributed by atoms with E-state index >= 15 is 0 Å². The van der Waals surface area contributed by atoms with Crippen LogP contribution in [0.25, 0.3) is 11.4 Å². The number of halogens is 3. The molecule has 0 unspecified atom stereocenters. The van der Waals surface area contributed by atoms with Gasteiger partial charge in [-0.1, -0.05) is 0 Å². The molecule has 0 atom stereocenters. The maximum atomic E-state index is 12.4. The maximum Gasteiger partial charge on any atom is 0.451 e. The van der Waals surface area contributed by atoms with Crippen LogP contribution >= 0.6 is 0 Å². The van der Waals surface area contributed by atoms with Crippen molar-refractivity contribution in [1.29, 1.82) is 0 Å². The summed E-state index contributed by atoms with van der Waals surface area (Å²) in [4.78, 5) is 3.39. The summed E-state index contributed by atoms with van der Waals surface area (Å²) in [6.45, 7) is 0. The molecule has 0 aliphatic rings. The van der Waals surface area contributed by atoms with E-state index in [0.29, 0.717) is 17.1 Å². The minimum atomic E-state index is -4.55. The van der Waals surface area contributed by atoms with Crippen molar-refractivity contribution in [2.24, 2.45) is 0 Å². The van der Waals surface area contributed by atoms with E-state index in [0.717, 1.165) is 0 Å². The van der Waals surface area contributed by atoms with E-state index in [-0.39, 0.29) is 5.82 Å². The van der Waals surface area contributed by atoms with Gasteiger partial charge in [-0.25, -0.2) is 4.98 Å². The highest BCUT2D eigenvalue weighted by molar-refractivity contribution is 5.60. The van der Waals surface area contributed by atoms with Gasteiger partial charge in [0.1, 0.15) is 0 Å². The number of ether oxygens (including phenoxy) is 2. The molecule has 0 spiro atoms. The Kier molecular flexibility index (Phi) is 3.32. The Labute approximate surface area is 106 Å². The van der Waals surface area contributed by atoms with Crippen LogP contribution in [0.2, 0.25) is 0 Å². The number of H-pyrrole nitrogens is 1. The molecule has 0 amide bonds. The van der Waals surface area contributed by atoms with E-state index < -0.39 is 12.0 Å². The number of benzene rings is 1. The molecule has 2 aromatic rings. The highest BCUT2D eigenvalue weighted by atomic mass is 19.4. The van der Waals surface area contributed by atoms with Crippen molar-refractivity contribution in [3.63, 3.8) is 0 Å². The van der Waals surface area contributed by atoms with Crippen LogP contribution in [0.4, 0.5) is 13.2 Å². The lowest BCUT2D eigenvalue weighted by molar-refractivity contribution is -0.144. The highest BCUT2D eigenvalue weighted by Crippen LogP contribution is 2.32. The SMILES string of the molecule is COc1ccc(-c2n[nH]c(C(F)(F)F)n2)cc1OC. The Hall–Kier alpha value is -2.25. The molecule has 102 valence electrons. The van der Waals surface area contributed by atoms with Crippen LogP contribution in [0.5, 0.6) is 11.5 Å². The Morgan fingerprint density at radius 2 is 1.79 bits per heavy atom. The molecule has 1 N–H and O–H groups in total. The van der Waals surface area contributed by atoms with Crippen LogP contribution in [-0.2, 0) is 6.18 Å². The lowest BCUT2D eigenvalue weighted by Crippen LogP contribution is -2.07. The van der Waals surface area contributed by atoms with Crippen molar-refractivity contribution in [2.75, 3.05) is 14.2 Å². The van der Waals surface area contributed by atoms with Gasteiger partial charge in [0.05, 0.1) is 14.2 Å². The number of aromatic amines is 1. The number of hydrogen-bond donors (Lipinski definition) is 1. The summed E-state index contributed by atoms with van der Waals surface area (Å²) in [5.41, 5.74) is 0.393. The largest absolute Gasteiger partial charge is 0.493 e. The molecule has 0 saturated heterocycles. The molecular formula is C11H10F3N3O2. The number of hydrogen-bond acceptors (Lipinski definition) is 4. The van der Waals surface area contributed by atoms with Crippen LogP contribution in [0.1, 0.15) is 5.82 Å². The Balaban J connectivity index is 2.39. The predicted molar refractivity (Wildman–Crippen MR) is 59.9 cm³/mol. The third-order valence-corrected chi connectivity index (χ3v) is 2.40. The van der Waals surface area contributed by atoms with Gasteiger partial charge >= 0.3 is 6.18 Å². The van der Waals surface area contributed by atoms with Gasteiger partial charge in [0.2, 0.25) is 5.82 Å². The first-order chi connectivity index (χ1) is 8.95. The van der Waals surface area contributed by atoms with Crippen molar-refractivity contribution in [1.82, 2.24) is 15.2 Å². The normalized spacial score (nSPS) is 11.4. The van der Waals surface area contributed by atoms with Gasteiger partial charge in [0, 0.05) is 5.56 Å². The van der Waals surface area contributed by atoms with E-state index in [1.807, 2.05) is 5.10 Å². The molecule has 5 nitrogen and oxygen atoms in total. The molecule has 19 heavy (non-hydrogen) atoms. The zero-order valence-electron chi connectivity index (χ0n) is 10.1. The fourth-order valence-corrected chi connectivity index (χ4v) is 1.49. The molecule has 0 fully saturated rings. The molecule has 2 rings (SSSR count). The zero-order valence-corrected chi connectivity index (χ0v) is 10.1. The third-order valence-electron chi connectivity index (χ3n) is 2.40. The summed E-state index contributed by atoms with van der Waals surface area (Å²) in [7, 11) is 2.90. The molecule has 0 saturated carbocycles. The lowest BCUT2D eigenvalue weighted by Gasteiger charge is -2.07. The summed E-state index contributed by atoms with van der Waals surface area (Å²) < 4.78 is 47.3. The molecule has 0 aliphatic heterocycles. The van der Waals surface area contributed by atoms with Crippen LogP contribution in [0.15, 0.2) is 18.2 Å². The average molecular weight is 273 g/mol. The molecule has 0 radical (unpaired) electrons. The lowest BCUT2D eigenvalue weighted by atomic mass is 10.2. The zero-order chi connectivity index (χ0) is 14.0. The summed E-state index contributed by atoms with van der Waals surface area (Å²) in [5, 5.41) is 5.38. The number of aromatic nitrogens is 3. The number of nitrogens with one attached hydrogen (secondary N) is 1. The fraction of sp³-hybridized carbons (Fsp3) is 0.273. The second kappa shape index (κ2) is 4.79. The van der Waals surface area contributed by atoms with E-state index in [1.165, 1.54) is 20.3 Å². The van der Waals surface area contributed by atoms with Crippen LogP contribution in [0, 0.1) is 0 Å². The quantitative estimate of drug-likeness (QED) is 0.933. The van der Waals surface area contributed by atoms with Gasteiger partial charge in [0.15, 0.2) is 17.3 Å². The van der Waals surface area contributed by atoms with E-state index in [1.54, 1.807) is 12.1 Å². The molecule has 1 aromatic heterocycles. The van der Waals surface area contributed by atoms with E-state index in [9.17, 15) is 13.2 Å². The molecular weight excluding hydrogens is 263 g/mol. The van der Waals surface area contributed by atoms with Gasteiger partial charge in [0.25, 0.3) is 0 Å². The van der Waals surface area contributed by atoms with Crippen molar-refractivity contribution < 1.29 is 22.6 Å². The summed E-state index contributed by atoms with van der Waals surface area (Å²) in [5.74, 6) is -0.346. The van der Waals surface area contributed by atoms with Gasteiger partial charge in [-0.15, -0.1) is 0 Å². The predicted octanol–water partition coefficient (Wildman–Crippen LogP) is 2.51. The van der Waals surface area contributed by atoms with Gasteiger partial charge in [-0.3, -0.25) is 5.10 Å². The molecule has 1 aromatic carbocycles. The number of rotatable bonds is 3. The third kappa shape index (κ3) is 2.61. The first-order valence-electron chi connectivity index (χ1n) is 5.17. The topological polar surface area (TPSA) is 60.0 Å². The Morgan fingerprint density at radius 1 is 1.11 bits per heavy atom. The minimum absolute atomic E-state index is 0.0618. The van der Waals surface area contributed by atoms with Gasteiger partial charge in [-0.2, -0.15) is 18.3 Å². The standard InChI is InChI=1S/C11H10F3N3O2/c1-18-7-4-3-6(5-8(7)19-2)9-15-10(17-16-9)11(12,13)14/h3-5H,1-2H3,(H,15,16,17). The van der Waals surface area contributed by atoms with Gasteiger partial charge in [-0.05, 0) is 18.2 Å². The second-order valence-corrected chi connectivity index (χ2v) is 3.58. The summed E-state index contributed by atoms with van der Waals surface area (Å²) in [6, 6.07) is 4.62. The summed E-state index contributed by atoms with van der Waals surface area (Å²) in [6.07, 6.45) is -4.55. The minimum Gasteiger partial charge on any atom is -0.493 e. The molecule has 8 heteroatoms. The number of methoxy groups -OCH3 is 2. The number of nitrogens with zero attached hydrogens (tertiary/aromatic N) is 2. The molecule has 1 heterocycles. The number of alkyl halides is 3. The van der Waals surface area contributed by atoms with Crippen LogP contribution < -0.4 is 9.47 Å². The Morgan fingerprint density at radius 3 is 2.32 bits per heavy atom. The second-order valence-electron chi connectivity index (χ2n) is 3.58. The van der Waals surface area contributed by atoms with Crippen molar-refractivity contribution in [2.45, 2.75) is 6.18 Å². The van der Waals surface area contributed by atoms with Crippen LogP contribution in [-0.4, -0.2) is 29.4 Å². The average Bonchev–Trinajstić information content (AvgIpc) is 2.87. The summed E-state index contributed by atoms with van der Waals surface area (Å²) >= 11 is 0. The smallest absolute Gasteiger partial charge is 0.451 e.